The second kappa shape index (κ2) is 12.8. The average Bonchev–Trinajstić information content (AvgIpc) is 3.85. The van der Waals surface area contributed by atoms with Crippen LogP contribution in [0.5, 0.6) is 11.5 Å². The Morgan fingerprint density at radius 3 is 2.35 bits per heavy atom. The summed E-state index contributed by atoms with van der Waals surface area (Å²) in [6.45, 7) is 10.1. The van der Waals surface area contributed by atoms with Gasteiger partial charge in [0.25, 0.3) is 5.91 Å². The SMILES string of the molecule is Cc1ccc(C(=O)NCCc2ccc(-c3ccc(OC(C)C)cc3)cc2)c(O)c1C12CCN(CC3CC3)C(C)C1(O)CCC(=O)C2. The lowest BCUT2D eigenvalue weighted by molar-refractivity contribution is -0.165. The van der Waals surface area contributed by atoms with Crippen molar-refractivity contribution in [1.82, 2.24) is 10.2 Å². The van der Waals surface area contributed by atoms with Crippen LogP contribution in [-0.4, -0.2) is 64.2 Å². The topological polar surface area (TPSA) is 99.1 Å². The van der Waals surface area contributed by atoms with E-state index >= 15 is 0 Å². The van der Waals surface area contributed by atoms with E-state index in [2.05, 4.69) is 53.5 Å². The van der Waals surface area contributed by atoms with Crippen molar-refractivity contribution in [3.05, 3.63) is 82.9 Å². The second-order valence-electron chi connectivity index (χ2n) is 14.1. The fourth-order valence-electron chi connectivity index (χ4n) is 7.96. The molecular formula is C39H48N2O5. The minimum absolute atomic E-state index is 0.101. The predicted octanol–water partition coefficient (Wildman–Crippen LogP) is 6.35. The van der Waals surface area contributed by atoms with Crippen LogP contribution in [0.2, 0.25) is 0 Å². The van der Waals surface area contributed by atoms with Crippen LogP contribution in [0.3, 0.4) is 0 Å². The summed E-state index contributed by atoms with van der Waals surface area (Å²) in [4.78, 5) is 28.8. The maximum atomic E-state index is 13.5. The van der Waals surface area contributed by atoms with Crippen molar-refractivity contribution in [2.75, 3.05) is 19.6 Å². The number of hydrogen-bond donors (Lipinski definition) is 3. The molecule has 0 bridgehead atoms. The lowest BCUT2D eigenvalue weighted by atomic mass is 9.52. The molecule has 3 aromatic rings. The number of hydrogen-bond acceptors (Lipinski definition) is 6. The normalized spacial score (nSPS) is 24.9. The Morgan fingerprint density at radius 2 is 1.70 bits per heavy atom. The van der Waals surface area contributed by atoms with E-state index in [1.807, 2.05) is 39.0 Å². The molecule has 7 nitrogen and oxygen atoms in total. The van der Waals surface area contributed by atoms with E-state index in [0.29, 0.717) is 43.7 Å². The molecule has 7 heteroatoms. The number of amides is 1. The molecule has 3 aromatic carbocycles. The second-order valence-corrected chi connectivity index (χ2v) is 14.1. The number of aliphatic hydroxyl groups is 1. The zero-order valence-corrected chi connectivity index (χ0v) is 27.6. The molecule has 3 N–H and O–H groups in total. The number of piperidine rings is 1. The van der Waals surface area contributed by atoms with Crippen molar-refractivity contribution in [2.45, 2.75) is 95.8 Å². The highest BCUT2D eigenvalue weighted by Gasteiger charge is 2.62. The van der Waals surface area contributed by atoms with Crippen LogP contribution in [0, 0.1) is 12.8 Å². The van der Waals surface area contributed by atoms with E-state index < -0.39 is 11.0 Å². The van der Waals surface area contributed by atoms with Crippen LogP contribution >= 0.6 is 0 Å². The number of aryl methyl sites for hydroxylation is 1. The summed E-state index contributed by atoms with van der Waals surface area (Å²) in [7, 11) is 0. The molecule has 1 saturated heterocycles. The van der Waals surface area contributed by atoms with Crippen molar-refractivity contribution in [1.29, 1.82) is 0 Å². The van der Waals surface area contributed by atoms with Crippen LogP contribution in [0.15, 0.2) is 60.7 Å². The summed E-state index contributed by atoms with van der Waals surface area (Å²) in [5.41, 5.74) is 2.74. The Labute approximate surface area is 273 Å². The van der Waals surface area contributed by atoms with E-state index in [-0.39, 0.29) is 41.6 Å². The van der Waals surface area contributed by atoms with Gasteiger partial charge in [-0.3, -0.25) is 14.5 Å². The molecule has 3 aliphatic rings. The molecular weight excluding hydrogens is 576 g/mol. The van der Waals surface area contributed by atoms with Crippen LogP contribution in [0.4, 0.5) is 0 Å². The molecule has 2 aliphatic carbocycles. The molecule has 46 heavy (non-hydrogen) atoms. The molecule has 1 aliphatic heterocycles. The van der Waals surface area contributed by atoms with Crippen LogP contribution in [-0.2, 0) is 16.6 Å². The summed E-state index contributed by atoms with van der Waals surface area (Å²) in [5.74, 6) is 1.17. The number of Topliss-reactive ketones (excluding diaryl/α,β-unsaturated/α-hetero) is 1. The molecule has 3 atom stereocenters. The maximum absolute atomic E-state index is 13.5. The quantitative estimate of drug-likeness (QED) is 0.243. The largest absolute Gasteiger partial charge is 0.507 e. The molecule has 0 radical (unpaired) electrons. The Morgan fingerprint density at radius 1 is 1.02 bits per heavy atom. The molecule has 3 unspecified atom stereocenters. The van der Waals surface area contributed by atoms with Gasteiger partial charge in [0, 0.05) is 43.0 Å². The summed E-state index contributed by atoms with van der Waals surface area (Å²) < 4.78 is 5.75. The first-order valence-electron chi connectivity index (χ1n) is 17.0. The van der Waals surface area contributed by atoms with Gasteiger partial charge in [-0.2, -0.15) is 0 Å². The monoisotopic (exact) mass is 624 g/mol. The first-order valence-corrected chi connectivity index (χ1v) is 17.0. The van der Waals surface area contributed by atoms with Crippen molar-refractivity contribution < 1.29 is 24.5 Å². The van der Waals surface area contributed by atoms with E-state index in [0.717, 1.165) is 41.1 Å². The number of phenolic OH excluding ortho intramolecular Hbond substituents is 1. The lowest BCUT2D eigenvalue weighted by Crippen LogP contribution is -2.70. The zero-order valence-electron chi connectivity index (χ0n) is 27.6. The number of carbonyl (C=O) groups excluding carboxylic acids is 2. The Hall–Kier alpha value is -3.68. The number of likely N-dealkylation sites (tertiary alicyclic amines) is 1. The van der Waals surface area contributed by atoms with Gasteiger partial charge in [-0.05, 0) is 113 Å². The van der Waals surface area contributed by atoms with Gasteiger partial charge in [0.15, 0.2) is 0 Å². The first-order chi connectivity index (χ1) is 22.0. The number of fused-ring (bicyclic) bond motifs is 1. The van der Waals surface area contributed by atoms with Crippen LogP contribution in [0.25, 0.3) is 11.1 Å². The number of nitrogens with zero attached hydrogens (tertiary/aromatic N) is 1. The minimum atomic E-state index is -1.18. The van der Waals surface area contributed by atoms with Crippen molar-refractivity contribution in [3.63, 3.8) is 0 Å². The van der Waals surface area contributed by atoms with E-state index in [1.54, 1.807) is 6.07 Å². The van der Waals surface area contributed by atoms with Gasteiger partial charge in [0.2, 0.25) is 0 Å². The molecule has 6 rings (SSSR count). The number of benzene rings is 3. The number of ketones is 1. The maximum Gasteiger partial charge on any atom is 0.255 e. The van der Waals surface area contributed by atoms with E-state index in [4.69, 9.17) is 4.74 Å². The number of carbonyl (C=O) groups is 2. The minimum Gasteiger partial charge on any atom is -0.507 e. The molecule has 3 fully saturated rings. The highest BCUT2D eigenvalue weighted by Crippen LogP contribution is 2.56. The van der Waals surface area contributed by atoms with Gasteiger partial charge >= 0.3 is 0 Å². The van der Waals surface area contributed by atoms with Gasteiger partial charge < -0.3 is 20.3 Å². The number of phenols is 1. The van der Waals surface area contributed by atoms with Gasteiger partial charge in [-0.25, -0.2) is 0 Å². The van der Waals surface area contributed by atoms with Gasteiger partial charge in [0.1, 0.15) is 17.3 Å². The molecule has 244 valence electrons. The first kappa shape index (κ1) is 32.3. The standard InChI is InChI=1S/C39H48N2O5/c1-25(2)46-33-14-12-31(13-15-33)30-10-8-28(9-11-30)18-21-40-37(44)34-16-5-26(3)35(36(34)43)38-20-22-41(24-29-6-7-29)27(4)39(38,45)19-17-32(42)23-38/h5,8-16,25,27,29,43,45H,6-7,17-24H2,1-4H3,(H,40,44). The number of nitrogens with one attached hydrogen (secondary N) is 1. The Bertz CT molecular complexity index is 1580. The fraction of sp³-hybridized carbons (Fsp3) is 0.487. The van der Waals surface area contributed by atoms with Gasteiger partial charge in [0.05, 0.1) is 17.3 Å². The highest BCUT2D eigenvalue weighted by molar-refractivity contribution is 5.97. The summed E-state index contributed by atoms with van der Waals surface area (Å²) >= 11 is 0. The van der Waals surface area contributed by atoms with Crippen molar-refractivity contribution in [3.8, 4) is 22.6 Å². The molecule has 2 saturated carbocycles. The predicted molar refractivity (Wildman–Crippen MR) is 180 cm³/mol. The third-order valence-corrected chi connectivity index (χ3v) is 10.7. The summed E-state index contributed by atoms with van der Waals surface area (Å²) in [6, 6.07) is 19.7. The van der Waals surface area contributed by atoms with Crippen molar-refractivity contribution in [2.24, 2.45) is 5.92 Å². The molecule has 1 heterocycles. The van der Waals surface area contributed by atoms with E-state index in [1.165, 1.54) is 12.8 Å². The molecule has 1 amide bonds. The lowest BCUT2D eigenvalue weighted by Gasteiger charge is -2.60. The Kier molecular flexibility index (Phi) is 9.01. The fourth-order valence-corrected chi connectivity index (χ4v) is 7.96. The van der Waals surface area contributed by atoms with Gasteiger partial charge in [-0.1, -0.05) is 42.5 Å². The van der Waals surface area contributed by atoms with Crippen LogP contribution < -0.4 is 10.1 Å². The highest BCUT2D eigenvalue weighted by atomic mass is 16.5. The number of ether oxygens (including phenoxy) is 1. The third kappa shape index (κ3) is 6.19. The summed E-state index contributed by atoms with van der Waals surface area (Å²) in [6.07, 6.45) is 4.68. The smallest absolute Gasteiger partial charge is 0.255 e. The molecule has 0 aromatic heterocycles. The number of rotatable bonds is 10. The van der Waals surface area contributed by atoms with Crippen molar-refractivity contribution >= 4 is 11.7 Å². The summed E-state index contributed by atoms with van der Waals surface area (Å²) in [5, 5.41) is 27.2. The molecule has 0 spiro atoms. The Balaban J connectivity index is 1.16. The third-order valence-electron chi connectivity index (χ3n) is 10.7. The number of aromatic hydroxyl groups is 1. The van der Waals surface area contributed by atoms with E-state index in [9.17, 15) is 19.8 Å². The van der Waals surface area contributed by atoms with Crippen LogP contribution in [0.1, 0.15) is 86.3 Å². The zero-order chi connectivity index (χ0) is 32.6. The van der Waals surface area contributed by atoms with Gasteiger partial charge in [-0.15, -0.1) is 0 Å². The average molecular weight is 625 g/mol.